The molecule has 11 heteroatoms. The third kappa shape index (κ3) is 5.39. The van der Waals surface area contributed by atoms with Gasteiger partial charge in [0.2, 0.25) is 0 Å². The first kappa shape index (κ1) is 24.4. The number of hydrogen-bond acceptors (Lipinski definition) is 7. The molecule has 3 rings (SSSR count). The number of pyridine rings is 1. The number of rotatable bonds is 7. The minimum absolute atomic E-state index is 0.0884. The number of Topliss-reactive ketones (excluding diaryl/α,β-unsaturated/α-hetero) is 1. The van der Waals surface area contributed by atoms with Gasteiger partial charge in [-0.25, -0.2) is 9.78 Å². The van der Waals surface area contributed by atoms with Gasteiger partial charge in [-0.3, -0.25) is 19.3 Å². The number of hydrogen-bond donors (Lipinski definition) is 2. The number of nitrogens with zero attached hydrogens (tertiary/aromatic N) is 2. The lowest BCUT2D eigenvalue weighted by Gasteiger charge is -2.27. The number of aromatic nitrogens is 1. The number of halogens is 2. The molecule has 170 valence electrons. The van der Waals surface area contributed by atoms with E-state index in [1.54, 1.807) is 24.3 Å². The number of thiophene rings is 1. The Labute approximate surface area is 202 Å². The molecule has 0 saturated carbocycles. The number of carbonyl (C=O) groups is 4. The maximum Gasteiger partial charge on any atom is 0.327 e. The summed E-state index contributed by atoms with van der Waals surface area (Å²) in [5.74, 6) is -3.82. The van der Waals surface area contributed by atoms with Crippen molar-refractivity contribution in [2.75, 3.05) is 5.73 Å². The van der Waals surface area contributed by atoms with Crippen molar-refractivity contribution < 1.29 is 24.3 Å². The molecule has 2 aromatic heterocycles. The van der Waals surface area contributed by atoms with Crippen LogP contribution in [0, 0.1) is 0 Å². The number of nitrogen functional groups attached to an aromatic ring is 1. The number of carbonyl (C=O) groups excluding carboxylic acids is 3. The van der Waals surface area contributed by atoms with Gasteiger partial charge in [0, 0.05) is 18.3 Å². The van der Waals surface area contributed by atoms with Crippen LogP contribution >= 0.6 is 34.5 Å². The fourth-order valence-electron chi connectivity index (χ4n) is 3.11. The molecule has 0 radical (unpaired) electrons. The van der Waals surface area contributed by atoms with Crippen molar-refractivity contribution in [2.45, 2.75) is 19.4 Å². The van der Waals surface area contributed by atoms with Gasteiger partial charge in [0.1, 0.15) is 11.7 Å². The van der Waals surface area contributed by atoms with Gasteiger partial charge in [0.15, 0.2) is 5.78 Å². The molecule has 0 saturated heterocycles. The molecule has 1 atom stereocenters. The molecule has 33 heavy (non-hydrogen) atoms. The van der Waals surface area contributed by atoms with Crippen molar-refractivity contribution in [1.29, 1.82) is 0 Å². The van der Waals surface area contributed by atoms with Gasteiger partial charge in [-0.05, 0) is 42.1 Å². The summed E-state index contributed by atoms with van der Waals surface area (Å²) in [6.45, 7) is 1.27. The van der Waals surface area contributed by atoms with Crippen molar-refractivity contribution in [1.82, 2.24) is 9.88 Å². The van der Waals surface area contributed by atoms with Crippen LogP contribution < -0.4 is 5.73 Å². The Morgan fingerprint density at radius 1 is 1.12 bits per heavy atom. The predicted octanol–water partition coefficient (Wildman–Crippen LogP) is 4.21. The first-order valence-electron chi connectivity index (χ1n) is 9.44. The SMILES string of the molecule is CC(=O)c1sccc1C(=O)N(C(=O)c1ncc(Cl)cc1Cl)C(Cc1ccc(N)cc1)C(=O)O. The van der Waals surface area contributed by atoms with Crippen molar-refractivity contribution >= 4 is 63.8 Å². The van der Waals surface area contributed by atoms with Gasteiger partial charge in [-0.2, -0.15) is 0 Å². The number of imide groups is 1. The largest absolute Gasteiger partial charge is 0.480 e. The zero-order chi connectivity index (χ0) is 24.3. The van der Waals surface area contributed by atoms with Crippen LogP contribution in [0.1, 0.15) is 43.0 Å². The maximum atomic E-state index is 13.5. The minimum Gasteiger partial charge on any atom is -0.480 e. The van der Waals surface area contributed by atoms with Crippen LogP contribution in [0.2, 0.25) is 10.0 Å². The molecule has 3 aromatic rings. The van der Waals surface area contributed by atoms with Crippen LogP contribution in [0.4, 0.5) is 5.69 Å². The first-order valence-corrected chi connectivity index (χ1v) is 11.1. The number of anilines is 1. The van der Waals surface area contributed by atoms with Crippen molar-refractivity contribution in [3.8, 4) is 0 Å². The van der Waals surface area contributed by atoms with E-state index in [2.05, 4.69) is 4.98 Å². The lowest BCUT2D eigenvalue weighted by atomic mass is 10.0. The van der Waals surface area contributed by atoms with Gasteiger partial charge >= 0.3 is 5.97 Å². The highest BCUT2D eigenvalue weighted by molar-refractivity contribution is 7.12. The van der Waals surface area contributed by atoms with Gasteiger partial charge in [-0.1, -0.05) is 35.3 Å². The summed E-state index contributed by atoms with van der Waals surface area (Å²) in [5, 5.41) is 11.5. The molecule has 2 amide bonds. The topological polar surface area (TPSA) is 131 Å². The van der Waals surface area contributed by atoms with Gasteiger partial charge in [-0.15, -0.1) is 11.3 Å². The van der Waals surface area contributed by atoms with Crippen LogP contribution in [0.5, 0.6) is 0 Å². The second-order valence-electron chi connectivity index (χ2n) is 6.98. The molecule has 0 spiro atoms. The van der Waals surface area contributed by atoms with E-state index in [0.29, 0.717) is 16.2 Å². The number of nitrogens with two attached hydrogens (primary N) is 1. The Kier molecular flexibility index (Phi) is 7.47. The van der Waals surface area contributed by atoms with E-state index >= 15 is 0 Å². The van der Waals surface area contributed by atoms with E-state index in [1.165, 1.54) is 24.4 Å². The zero-order valence-electron chi connectivity index (χ0n) is 17.1. The number of benzene rings is 1. The van der Waals surface area contributed by atoms with E-state index in [-0.39, 0.29) is 32.6 Å². The summed E-state index contributed by atoms with van der Waals surface area (Å²) < 4.78 is 0. The number of carboxylic acid groups (broad SMARTS) is 1. The summed E-state index contributed by atoms with van der Waals surface area (Å²) in [7, 11) is 0. The van der Waals surface area contributed by atoms with Crippen LogP contribution in [-0.2, 0) is 11.2 Å². The molecule has 3 N–H and O–H groups in total. The number of amides is 2. The van der Waals surface area contributed by atoms with E-state index in [4.69, 9.17) is 28.9 Å². The molecule has 0 fully saturated rings. The molecule has 1 aromatic carbocycles. The Bertz CT molecular complexity index is 1240. The maximum absolute atomic E-state index is 13.5. The van der Waals surface area contributed by atoms with E-state index in [9.17, 15) is 24.3 Å². The first-order chi connectivity index (χ1) is 15.6. The fourth-order valence-corrected chi connectivity index (χ4v) is 4.36. The van der Waals surface area contributed by atoms with Crippen LogP contribution in [-0.4, -0.2) is 44.6 Å². The number of carboxylic acids is 1. The Hall–Kier alpha value is -3.27. The smallest absolute Gasteiger partial charge is 0.327 e. The second-order valence-corrected chi connectivity index (χ2v) is 8.74. The van der Waals surface area contributed by atoms with Crippen molar-refractivity contribution in [3.05, 3.63) is 79.7 Å². The molecular weight excluding hydrogens is 489 g/mol. The van der Waals surface area contributed by atoms with Crippen LogP contribution in [0.25, 0.3) is 0 Å². The molecule has 0 aliphatic rings. The summed E-state index contributed by atoms with van der Waals surface area (Å²) in [6.07, 6.45) is 0.947. The molecule has 2 heterocycles. The monoisotopic (exact) mass is 505 g/mol. The average molecular weight is 506 g/mol. The van der Waals surface area contributed by atoms with E-state index in [0.717, 1.165) is 17.5 Å². The molecule has 0 aliphatic heterocycles. The van der Waals surface area contributed by atoms with E-state index < -0.39 is 29.6 Å². The molecule has 0 aliphatic carbocycles. The summed E-state index contributed by atoms with van der Waals surface area (Å²) in [6, 6.07) is 7.34. The highest BCUT2D eigenvalue weighted by atomic mass is 35.5. The highest BCUT2D eigenvalue weighted by Gasteiger charge is 2.38. The predicted molar refractivity (Wildman–Crippen MR) is 125 cm³/mol. The van der Waals surface area contributed by atoms with Crippen molar-refractivity contribution in [2.24, 2.45) is 0 Å². The molecule has 1 unspecified atom stereocenters. The summed E-state index contributed by atoms with van der Waals surface area (Å²) in [5.41, 5.74) is 6.24. The average Bonchev–Trinajstić information content (AvgIpc) is 3.24. The Morgan fingerprint density at radius 3 is 2.36 bits per heavy atom. The van der Waals surface area contributed by atoms with E-state index in [1.807, 2.05) is 0 Å². The molecule has 0 bridgehead atoms. The van der Waals surface area contributed by atoms with Crippen LogP contribution in [0.15, 0.2) is 48.0 Å². The third-order valence-corrected chi connectivity index (χ3v) is 6.18. The number of ketones is 1. The Morgan fingerprint density at radius 2 is 1.79 bits per heavy atom. The van der Waals surface area contributed by atoms with Gasteiger partial charge in [0.05, 0.1) is 20.5 Å². The summed E-state index contributed by atoms with van der Waals surface area (Å²) >= 11 is 13.0. The minimum atomic E-state index is -1.62. The molecule has 8 nitrogen and oxygen atoms in total. The lowest BCUT2D eigenvalue weighted by molar-refractivity contribution is -0.141. The third-order valence-electron chi connectivity index (χ3n) is 4.67. The highest BCUT2D eigenvalue weighted by Crippen LogP contribution is 2.26. The Balaban J connectivity index is 2.13. The van der Waals surface area contributed by atoms with Crippen molar-refractivity contribution in [3.63, 3.8) is 0 Å². The quantitative estimate of drug-likeness (QED) is 0.279. The lowest BCUT2D eigenvalue weighted by Crippen LogP contribution is -2.50. The molecular formula is C22H17Cl2N3O5S. The summed E-state index contributed by atoms with van der Waals surface area (Å²) in [4.78, 5) is 55.8. The standard InChI is InChI=1S/C22H17Cl2N3O5S/c1-11(28)19-15(6-7-33-19)20(29)27(21(30)18-16(24)9-13(23)10-26-18)17(22(31)32)8-12-2-4-14(25)5-3-12/h2-7,9-10,17H,8,25H2,1H3,(H,31,32). The fraction of sp³-hybridized carbons (Fsp3) is 0.136. The number of aliphatic carboxylic acids is 1. The normalized spacial score (nSPS) is 11.6. The van der Waals surface area contributed by atoms with Gasteiger partial charge < -0.3 is 10.8 Å². The second kappa shape index (κ2) is 10.1. The zero-order valence-corrected chi connectivity index (χ0v) is 19.4. The van der Waals surface area contributed by atoms with Gasteiger partial charge in [0.25, 0.3) is 11.8 Å². The van der Waals surface area contributed by atoms with Crippen LogP contribution in [0.3, 0.4) is 0 Å².